The SMILES string of the molecule is O=C(CSc1nnnn1-c1ccc2ccccc2c1)N1CCOCC1. The fraction of sp³-hybridized carbons (Fsp3) is 0.294. The minimum absolute atomic E-state index is 0.0846. The molecule has 1 amide bonds. The molecule has 7 nitrogen and oxygen atoms in total. The number of rotatable bonds is 4. The molecule has 1 aromatic heterocycles. The number of ether oxygens (including phenoxy) is 1. The van der Waals surface area contributed by atoms with Crippen LogP contribution in [0.3, 0.4) is 0 Å². The molecule has 0 unspecified atom stereocenters. The van der Waals surface area contributed by atoms with E-state index in [9.17, 15) is 4.79 Å². The van der Waals surface area contributed by atoms with E-state index in [0.29, 0.717) is 37.2 Å². The van der Waals surface area contributed by atoms with Gasteiger partial charge in [0, 0.05) is 13.1 Å². The Morgan fingerprint density at radius 1 is 1.12 bits per heavy atom. The molecule has 1 aliphatic rings. The van der Waals surface area contributed by atoms with E-state index in [-0.39, 0.29) is 5.91 Å². The Balaban J connectivity index is 1.50. The van der Waals surface area contributed by atoms with E-state index in [4.69, 9.17) is 4.74 Å². The first kappa shape index (κ1) is 16.0. The van der Waals surface area contributed by atoms with Crippen molar-refractivity contribution >= 4 is 28.4 Å². The minimum atomic E-state index is 0.0846. The Morgan fingerprint density at radius 3 is 2.76 bits per heavy atom. The number of aromatic nitrogens is 4. The molecule has 0 aliphatic carbocycles. The number of tetrazole rings is 1. The Labute approximate surface area is 148 Å². The number of hydrogen-bond donors (Lipinski definition) is 0. The molecular formula is C17H17N5O2S. The van der Waals surface area contributed by atoms with Gasteiger partial charge in [0.05, 0.1) is 24.7 Å². The third kappa shape index (κ3) is 3.49. The topological polar surface area (TPSA) is 73.1 Å². The van der Waals surface area contributed by atoms with Crippen molar-refractivity contribution in [1.82, 2.24) is 25.1 Å². The molecule has 0 radical (unpaired) electrons. The van der Waals surface area contributed by atoms with E-state index in [0.717, 1.165) is 16.5 Å². The molecule has 0 bridgehead atoms. The van der Waals surface area contributed by atoms with Crippen LogP contribution in [0.2, 0.25) is 0 Å². The van der Waals surface area contributed by atoms with Gasteiger partial charge in [0.15, 0.2) is 0 Å². The van der Waals surface area contributed by atoms with E-state index in [1.54, 1.807) is 4.68 Å². The molecule has 4 rings (SSSR count). The smallest absolute Gasteiger partial charge is 0.233 e. The Hall–Kier alpha value is -2.45. The lowest BCUT2D eigenvalue weighted by atomic mass is 10.1. The predicted octanol–water partition coefficient (Wildman–Crippen LogP) is 1.77. The van der Waals surface area contributed by atoms with Crippen LogP contribution >= 0.6 is 11.8 Å². The van der Waals surface area contributed by atoms with Crippen LogP contribution in [0.25, 0.3) is 16.5 Å². The number of morpholine rings is 1. The second kappa shape index (κ2) is 7.20. The molecule has 1 saturated heterocycles. The van der Waals surface area contributed by atoms with Crippen LogP contribution < -0.4 is 0 Å². The number of thioether (sulfide) groups is 1. The van der Waals surface area contributed by atoms with E-state index < -0.39 is 0 Å². The van der Waals surface area contributed by atoms with Crippen LogP contribution in [-0.4, -0.2) is 63.1 Å². The number of carbonyl (C=O) groups is 1. The second-order valence-corrected chi connectivity index (χ2v) is 6.63. The zero-order valence-corrected chi connectivity index (χ0v) is 14.4. The summed E-state index contributed by atoms with van der Waals surface area (Å²) in [4.78, 5) is 14.1. The van der Waals surface area contributed by atoms with Gasteiger partial charge in [0.25, 0.3) is 0 Å². The number of benzene rings is 2. The molecule has 1 aliphatic heterocycles. The molecule has 25 heavy (non-hydrogen) atoms. The van der Waals surface area contributed by atoms with Crippen molar-refractivity contribution in [3.05, 3.63) is 42.5 Å². The van der Waals surface area contributed by atoms with Gasteiger partial charge in [-0.1, -0.05) is 42.1 Å². The highest BCUT2D eigenvalue weighted by atomic mass is 32.2. The maximum atomic E-state index is 12.3. The van der Waals surface area contributed by atoms with Crippen LogP contribution in [0.4, 0.5) is 0 Å². The lowest BCUT2D eigenvalue weighted by Gasteiger charge is -2.26. The van der Waals surface area contributed by atoms with Gasteiger partial charge in [-0.3, -0.25) is 4.79 Å². The first-order chi connectivity index (χ1) is 12.3. The molecule has 8 heteroatoms. The van der Waals surface area contributed by atoms with Crippen LogP contribution in [0.5, 0.6) is 0 Å². The molecule has 0 N–H and O–H groups in total. The number of fused-ring (bicyclic) bond motifs is 1. The first-order valence-corrected chi connectivity index (χ1v) is 9.06. The number of nitrogens with zero attached hydrogens (tertiary/aromatic N) is 5. The molecule has 128 valence electrons. The van der Waals surface area contributed by atoms with Crippen LogP contribution in [0.1, 0.15) is 0 Å². The summed E-state index contributed by atoms with van der Waals surface area (Å²) in [5.74, 6) is 0.398. The summed E-state index contributed by atoms with van der Waals surface area (Å²) in [6.45, 7) is 2.50. The third-order valence-corrected chi connectivity index (χ3v) is 5.01. The third-order valence-electron chi connectivity index (χ3n) is 4.11. The summed E-state index contributed by atoms with van der Waals surface area (Å²) in [7, 11) is 0. The normalized spacial score (nSPS) is 14.8. The van der Waals surface area contributed by atoms with E-state index in [1.807, 2.05) is 35.2 Å². The summed E-state index contributed by atoms with van der Waals surface area (Å²) in [6.07, 6.45) is 0. The average molecular weight is 355 g/mol. The van der Waals surface area contributed by atoms with Crippen LogP contribution in [-0.2, 0) is 9.53 Å². The average Bonchev–Trinajstić information content (AvgIpc) is 3.15. The number of hydrogen-bond acceptors (Lipinski definition) is 6. The molecule has 3 aromatic rings. The van der Waals surface area contributed by atoms with E-state index in [1.165, 1.54) is 11.8 Å². The highest BCUT2D eigenvalue weighted by Crippen LogP contribution is 2.22. The Kier molecular flexibility index (Phi) is 4.62. The molecule has 2 aromatic carbocycles. The lowest BCUT2D eigenvalue weighted by molar-refractivity contribution is -0.132. The summed E-state index contributed by atoms with van der Waals surface area (Å²) in [5.41, 5.74) is 0.880. The van der Waals surface area contributed by atoms with Gasteiger partial charge in [0.2, 0.25) is 11.1 Å². The van der Waals surface area contributed by atoms with Crippen molar-refractivity contribution in [2.24, 2.45) is 0 Å². The van der Waals surface area contributed by atoms with Crippen molar-refractivity contribution in [3.63, 3.8) is 0 Å². The van der Waals surface area contributed by atoms with Crippen LogP contribution in [0.15, 0.2) is 47.6 Å². The molecule has 0 spiro atoms. The highest BCUT2D eigenvalue weighted by Gasteiger charge is 2.18. The summed E-state index contributed by atoms with van der Waals surface area (Å²) < 4.78 is 6.95. The van der Waals surface area contributed by atoms with Gasteiger partial charge in [-0.2, -0.15) is 4.68 Å². The molecule has 2 heterocycles. The summed E-state index contributed by atoms with van der Waals surface area (Å²) in [5, 5.41) is 14.8. The number of amides is 1. The standard InChI is InChI=1S/C17H17N5O2S/c23-16(21-7-9-24-10-8-21)12-25-17-18-19-20-22(17)15-6-5-13-3-1-2-4-14(13)11-15/h1-6,11H,7-10,12H2. The Morgan fingerprint density at radius 2 is 1.92 bits per heavy atom. The lowest BCUT2D eigenvalue weighted by Crippen LogP contribution is -2.41. The van der Waals surface area contributed by atoms with Gasteiger partial charge in [-0.25, -0.2) is 0 Å². The Bertz CT molecular complexity index is 891. The van der Waals surface area contributed by atoms with Crippen molar-refractivity contribution in [2.75, 3.05) is 32.1 Å². The monoisotopic (exact) mass is 355 g/mol. The maximum Gasteiger partial charge on any atom is 0.233 e. The molecule has 1 fully saturated rings. The van der Waals surface area contributed by atoms with Gasteiger partial charge >= 0.3 is 0 Å². The number of carbonyl (C=O) groups excluding carboxylic acids is 1. The van der Waals surface area contributed by atoms with Gasteiger partial charge in [-0.15, -0.1) is 5.10 Å². The zero-order chi connectivity index (χ0) is 17.1. The van der Waals surface area contributed by atoms with E-state index >= 15 is 0 Å². The summed E-state index contributed by atoms with van der Waals surface area (Å²) >= 11 is 1.35. The van der Waals surface area contributed by atoms with Crippen molar-refractivity contribution in [1.29, 1.82) is 0 Å². The van der Waals surface area contributed by atoms with E-state index in [2.05, 4.69) is 27.7 Å². The highest BCUT2D eigenvalue weighted by molar-refractivity contribution is 7.99. The van der Waals surface area contributed by atoms with Crippen molar-refractivity contribution in [2.45, 2.75) is 5.16 Å². The molecular weight excluding hydrogens is 338 g/mol. The van der Waals surface area contributed by atoms with Crippen molar-refractivity contribution in [3.8, 4) is 5.69 Å². The van der Waals surface area contributed by atoms with Gasteiger partial charge < -0.3 is 9.64 Å². The fourth-order valence-electron chi connectivity index (χ4n) is 2.77. The largest absolute Gasteiger partial charge is 0.378 e. The summed E-state index contributed by atoms with van der Waals surface area (Å²) in [6, 6.07) is 14.2. The van der Waals surface area contributed by atoms with Crippen molar-refractivity contribution < 1.29 is 9.53 Å². The molecule has 0 atom stereocenters. The zero-order valence-electron chi connectivity index (χ0n) is 13.5. The minimum Gasteiger partial charge on any atom is -0.378 e. The van der Waals surface area contributed by atoms with Gasteiger partial charge in [0.1, 0.15) is 0 Å². The fourth-order valence-corrected chi connectivity index (χ4v) is 3.56. The quantitative estimate of drug-likeness (QED) is 0.664. The maximum absolute atomic E-state index is 12.3. The second-order valence-electron chi connectivity index (χ2n) is 5.69. The van der Waals surface area contributed by atoms with Crippen LogP contribution in [0, 0.1) is 0 Å². The predicted molar refractivity (Wildman–Crippen MR) is 94.8 cm³/mol. The first-order valence-electron chi connectivity index (χ1n) is 8.07. The van der Waals surface area contributed by atoms with Gasteiger partial charge in [-0.05, 0) is 33.3 Å². The molecule has 0 saturated carbocycles.